The fraction of sp³-hybridized carbons (Fsp3) is 0.294. The molecule has 2 nitrogen and oxygen atoms in total. The standard InChI is InChI=1S/C17H17BrClNO/c1-17(2)9-12-7-10(4-6-15(12)21-17)16(20)11-3-5-14(19)13(18)8-11/h3-8,16H,9,20H2,1-2H3. The van der Waals surface area contributed by atoms with Crippen LogP contribution in [-0.4, -0.2) is 5.60 Å². The second-order valence-corrected chi connectivity index (χ2v) is 7.32. The summed E-state index contributed by atoms with van der Waals surface area (Å²) in [6.07, 6.45) is 0.910. The Morgan fingerprint density at radius 3 is 2.57 bits per heavy atom. The van der Waals surface area contributed by atoms with Crippen LogP contribution in [0.1, 0.15) is 36.6 Å². The maximum absolute atomic E-state index is 6.39. The Balaban J connectivity index is 1.93. The van der Waals surface area contributed by atoms with Crippen molar-refractivity contribution in [3.8, 4) is 5.75 Å². The minimum Gasteiger partial charge on any atom is -0.487 e. The Kier molecular flexibility index (Phi) is 3.76. The first-order valence-electron chi connectivity index (χ1n) is 6.88. The molecule has 0 saturated heterocycles. The van der Waals surface area contributed by atoms with Crippen molar-refractivity contribution in [1.82, 2.24) is 0 Å². The van der Waals surface area contributed by atoms with Crippen LogP contribution in [-0.2, 0) is 6.42 Å². The van der Waals surface area contributed by atoms with Crippen molar-refractivity contribution < 1.29 is 4.74 Å². The third-order valence-electron chi connectivity index (χ3n) is 3.75. The number of rotatable bonds is 2. The van der Waals surface area contributed by atoms with Crippen LogP contribution in [0, 0.1) is 0 Å². The van der Waals surface area contributed by atoms with Gasteiger partial charge in [-0.3, -0.25) is 0 Å². The summed E-state index contributed by atoms with van der Waals surface area (Å²) in [4.78, 5) is 0. The quantitative estimate of drug-likeness (QED) is 0.823. The maximum Gasteiger partial charge on any atom is 0.123 e. The zero-order chi connectivity index (χ0) is 15.2. The van der Waals surface area contributed by atoms with E-state index in [4.69, 9.17) is 22.1 Å². The van der Waals surface area contributed by atoms with Crippen LogP contribution in [0.25, 0.3) is 0 Å². The van der Waals surface area contributed by atoms with Gasteiger partial charge in [-0.05, 0) is 64.7 Å². The van der Waals surface area contributed by atoms with Gasteiger partial charge in [0.1, 0.15) is 11.4 Å². The van der Waals surface area contributed by atoms with E-state index in [9.17, 15) is 0 Å². The van der Waals surface area contributed by atoms with Crippen LogP contribution in [0.2, 0.25) is 5.02 Å². The molecule has 0 amide bonds. The Morgan fingerprint density at radius 2 is 1.86 bits per heavy atom. The van der Waals surface area contributed by atoms with Gasteiger partial charge in [0.05, 0.1) is 11.1 Å². The van der Waals surface area contributed by atoms with Gasteiger partial charge >= 0.3 is 0 Å². The first-order valence-corrected chi connectivity index (χ1v) is 8.05. The number of hydrogen-bond donors (Lipinski definition) is 1. The lowest BCUT2D eigenvalue weighted by atomic mass is 9.95. The molecule has 2 aromatic rings. The van der Waals surface area contributed by atoms with Crippen LogP contribution in [0.15, 0.2) is 40.9 Å². The van der Waals surface area contributed by atoms with E-state index < -0.39 is 0 Å². The average Bonchev–Trinajstić information content (AvgIpc) is 2.73. The highest BCUT2D eigenvalue weighted by Crippen LogP contribution is 2.37. The van der Waals surface area contributed by atoms with Crippen LogP contribution < -0.4 is 10.5 Å². The van der Waals surface area contributed by atoms with Crippen molar-refractivity contribution in [2.24, 2.45) is 5.73 Å². The fourth-order valence-electron chi connectivity index (χ4n) is 2.72. The Labute approximate surface area is 138 Å². The summed E-state index contributed by atoms with van der Waals surface area (Å²) in [5.41, 5.74) is 9.60. The number of benzene rings is 2. The van der Waals surface area contributed by atoms with Crippen molar-refractivity contribution in [3.63, 3.8) is 0 Å². The predicted molar refractivity (Wildman–Crippen MR) is 90.0 cm³/mol. The summed E-state index contributed by atoms with van der Waals surface area (Å²) < 4.78 is 6.77. The highest BCUT2D eigenvalue weighted by molar-refractivity contribution is 9.10. The van der Waals surface area contributed by atoms with Crippen LogP contribution in [0.3, 0.4) is 0 Å². The predicted octanol–water partition coefficient (Wildman–Crippen LogP) is 4.86. The van der Waals surface area contributed by atoms with E-state index in [2.05, 4.69) is 35.8 Å². The van der Waals surface area contributed by atoms with Gasteiger partial charge in [0.15, 0.2) is 0 Å². The molecule has 0 aliphatic carbocycles. The van der Waals surface area contributed by atoms with Gasteiger partial charge in [-0.25, -0.2) is 0 Å². The Hall–Kier alpha value is -1.03. The molecule has 1 aliphatic heterocycles. The van der Waals surface area contributed by atoms with E-state index in [0.29, 0.717) is 5.02 Å². The maximum atomic E-state index is 6.39. The van der Waals surface area contributed by atoms with E-state index >= 15 is 0 Å². The van der Waals surface area contributed by atoms with Crippen LogP contribution in [0.5, 0.6) is 5.75 Å². The summed E-state index contributed by atoms with van der Waals surface area (Å²) in [6, 6.07) is 11.8. The second-order valence-electron chi connectivity index (χ2n) is 6.06. The SMILES string of the molecule is CC1(C)Cc2cc(C(N)c3ccc(Cl)c(Br)c3)ccc2O1. The van der Waals surface area contributed by atoms with E-state index in [0.717, 1.165) is 27.8 Å². The molecule has 2 aromatic carbocycles. The number of hydrogen-bond acceptors (Lipinski definition) is 2. The number of ether oxygens (including phenoxy) is 1. The van der Waals surface area contributed by atoms with E-state index in [1.54, 1.807) is 0 Å². The zero-order valence-electron chi connectivity index (χ0n) is 12.0. The number of nitrogens with two attached hydrogens (primary N) is 1. The van der Waals surface area contributed by atoms with Gasteiger partial charge < -0.3 is 10.5 Å². The highest BCUT2D eigenvalue weighted by atomic mass is 79.9. The van der Waals surface area contributed by atoms with Gasteiger partial charge in [0, 0.05) is 10.9 Å². The molecular weight excluding hydrogens is 350 g/mol. The molecule has 21 heavy (non-hydrogen) atoms. The molecule has 0 spiro atoms. The van der Waals surface area contributed by atoms with Crippen molar-refractivity contribution in [1.29, 1.82) is 0 Å². The van der Waals surface area contributed by atoms with Crippen molar-refractivity contribution in [2.45, 2.75) is 31.9 Å². The van der Waals surface area contributed by atoms with E-state index in [1.165, 1.54) is 5.56 Å². The smallest absolute Gasteiger partial charge is 0.123 e. The molecule has 2 N–H and O–H groups in total. The highest BCUT2D eigenvalue weighted by Gasteiger charge is 2.30. The lowest BCUT2D eigenvalue weighted by Crippen LogP contribution is -2.24. The molecule has 3 rings (SSSR count). The summed E-state index contributed by atoms with van der Waals surface area (Å²) in [7, 11) is 0. The normalized spacial score (nSPS) is 17.2. The third kappa shape index (κ3) is 2.96. The largest absolute Gasteiger partial charge is 0.487 e. The minimum atomic E-state index is -0.174. The van der Waals surface area contributed by atoms with Crippen molar-refractivity contribution >= 4 is 27.5 Å². The summed E-state index contributed by atoms with van der Waals surface area (Å²) >= 11 is 9.48. The van der Waals surface area contributed by atoms with Crippen molar-refractivity contribution in [3.05, 3.63) is 62.6 Å². The van der Waals surface area contributed by atoms with Gasteiger partial charge in [0.25, 0.3) is 0 Å². The molecule has 4 heteroatoms. The summed E-state index contributed by atoms with van der Waals surface area (Å²) in [6.45, 7) is 4.20. The van der Waals surface area contributed by atoms with Gasteiger partial charge in [-0.2, -0.15) is 0 Å². The lowest BCUT2D eigenvalue weighted by molar-refractivity contribution is 0.138. The zero-order valence-corrected chi connectivity index (χ0v) is 14.3. The molecule has 1 unspecified atom stereocenters. The molecule has 0 radical (unpaired) electrons. The molecule has 0 fully saturated rings. The molecule has 0 bridgehead atoms. The van der Waals surface area contributed by atoms with E-state index in [1.807, 2.05) is 30.3 Å². The van der Waals surface area contributed by atoms with Crippen molar-refractivity contribution in [2.75, 3.05) is 0 Å². The van der Waals surface area contributed by atoms with Gasteiger partial charge in [-0.1, -0.05) is 29.8 Å². The fourth-order valence-corrected chi connectivity index (χ4v) is 3.24. The molecule has 110 valence electrons. The average molecular weight is 367 g/mol. The van der Waals surface area contributed by atoms with Crippen LogP contribution >= 0.6 is 27.5 Å². The summed E-state index contributed by atoms with van der Waals surface area (Å²) in [5, 5.41) is 0.690. The topological polar surface area (TPSA) is 35.2 Å². The number of halogens is 2. The van der Waals surface area contributed by atoms with Gasteiger partial charge in [0.2, 0.25) is 0 Å². The molecular formula is C17H17BrClNO. The van der Waals surface area contributed by atoms with E-state index in [-0.39, 0.29) is 11.6 Å². The Bertz CT molecular complexity index is 699. The number of fused-ring (bicyclic) bond motifs is 1. The molecule has 1 atom stereocenters. The molecule has 0 aromatic heterocycles. The molecule has 1 heterocycles. The molecule has 1 aliphatic rings. The molecule has 0 saturated carbocycles. The van der Waals surface area contributed by atoms with Crippen LogP contribution in [0.4, 0.5) is 0 Å². The first-order chi connectivity index (χ1) is 9.85. The third-order valence-corrected chi connectivity index (χ3v) is 4.96. The second kappa shape index (κ2) is 5.31. The lowest BCUT2D eigenvalue weighted by Gasteiger charge is -2.16. The Morgan fingerprint density at radius 1 is 1.19 bits per heavy atom. The monoisotopic (exact) mass is 365 g/mol. The first kappa shape index (κ1) is 14.9. The summed E-state index contributed by atoms with van der Waals surface area (Å²) in [5.74, 6) is 0.966. The van der Waals surface area contributed by atoms with Gasteiger partial charge in [-0.15, -0.1) is 0 Å². The minimum absolute atomic E-state index is 0.131.